The summed E-state index contributed by atoms with van der Waals surface area (Å²) in [5.41, 5.74) is 0.524. The van der Waals surface area contributed by atoms with Gasteiger partial charge in [-0.2, -0.15) is 0 Å². The molecule has 1 aromatic rings. The molecule has 102 valence electrons. The first-order chi connectivity index (χ1) is 8.97. The molecule has 0 radical (unpaired) electrons. The third-order valence-electron chi connectivity index (χ3n) is 3.41. The molecule has 0 amide bonds. The number of carboxylic acid groups (broad SMARTS) is 1. The maximum absolute atomic E-state index is 10.9. The van der Waals surface area contributed by atoms with E-state index in [-0.39, 0.29) is 17.6 Å². The van der Waals surface area contributed by atoms with E-state index in [2.05, 4.69) is 10.3 Å². The van der Waals surface area contributed by atoms with Gasteiger partial charge in [0.15, 0.2) is 0 Å². The van der Waals surface area contributed by atoms with Crippen molar-refractivity contribution < 1.29 is 14.8 Å². The number of pyridine rings is 1. The average molecular weight is 265 g/mol. The van der Waals surface area contributed by atoms with Crippen LogP contribution in [0, 0.1) is 23.0 Å². The highest BCUT2D eigenvalue weighted by Crippen LogP contribution is 2.28. The van der Waals surface area contributed by atoms with Crippen molar-refractivity contribution in [2.45, 2.75) is 32.2 Å². The molecule has 1 aliphatic rings. The number of rotatable bonds is 4. The van der Waals surface area contributed by atoms with Crippen molar-refractivity contribution in [3.8, 4) is 0 Å². The highest BCUT2D eigenvalue weighted by Gasteiger charge is 2.29. The molecule has 0 aromatic carbocycles. The predicted molar refractivity (Wildman–Crippen MR) is 68.0 cm³/mol. The molecule has 0 saturated heterocycles. The van der Waals surface area contributed by atoms with Crippen LogP contribution in [0.4, 0.5) is 11.5 Å². The van der Waals surface area contributed by atoms with Crippen LogP contribution in [0.5, 0.6) is 0 Å². The molecule has 1 aliphatic carbocycles. The second kappa shape index (κ2) is 5.21. The van der Waals surface area contributed by atoms with Gasteiger partial charge in [-0.05, 0) is 32.3 Å². The number of aromatic nitrogens is 1. The molecule has 0 spiro atoms. The lowest BCUT2D eigenvalue weighted by Crippen LogP contribution is -2.18. The number of carbonyl (C=O) groups is 1. The van der Waals surface area contributed by atoms with Crippen molar-refractivity contribution in [2.75, 3.05) is 5.32 Å². The van der Waals surface area contributed by atoms with E-state index >= 15 is 0 Å². The maximum atomic E-state index is 10.9. The number of nitrogens with zero attached hydrogens (tertiary/aromatic N) is 2. The first kappa shape index (κ1) is 13.3. The van der Waals surface area contributed by atoms with Crippen LogP contribution in [0.3, 0.4) is 0 Å². The monoisotopic (exact) mass is 265 g/mol. The standard InChI is InChI=1S/C12H15N3O4/c1-7-4-11(13-6-10(7)15(18)19)14-9-3-2-8(5-9)12(16)17/h4,6,8-9H,2-3,5H2,1H3,(H,13,14)(H,16,17)/t8-,9+/m1/s1. The topological polar surface area (TPSA) is 105 Å². The molecule has 19 heavy (non-hydrogen) atoms. The Balaban J connectivity index is 2.03. The summed E-state index contributed by atoms with van der Waals surface area (Å²) in [5.74, 6) is -0.520. The van der Waals surface area contributed by atoms with Crippen molar-refractivity contribution >= 4 is 17.5 Å². The number of nitro groups is 1. The Kier molecular flexibility index (Phi) is 3.64. The minimum Gasteiger partial charge on any atom is -0.481 e. The summed E-state index contributed by atoms with van der Waals surface area (Å²) < 4.78 is 0. The summed E-state index contributed by atoms with van der Waals surface area (Å²) in [6.45, 7) is 1.65. The molecule has 2 rings (SSSR count). The zero-order chi connectivity index (χ0) is 14.0. The first-order valence-electron chi connectivity index (χ1n) is 6.07. The van der Waals surface area contributed by atoms with E-state index < -0.39 is 10.9 Å². The molecule has 1 saturated carbocycles. The summed E-state index contributed by atoms with van der Waals surface area (Å²) in [4.78, 5) is 25.1. The van der Waals surface area contributed by atoms with Crippen LogP contribution in [0.2, 0.25) is 0 Å². The Hall–Kier alpha value is -2.18. The van der Waals surface area contributed by atoms with Gasteiger partial charge in [-0.15, -0.1) is 0 Å². The Bertz CT molecular complexity index is 518. The average Bonchev–Trinajstić information content (AvgIpc) is 2.77. The van der Waals surface area contributed by atoms with Gasteiger partial charge in [0.25, 0.3) is 5.69 Å². The highest BCUT2D eigenvalue weighted by atomic mass is 16.6. The lowest BCUT2D eigenvalue weighted by molar-refractivity contribution is -0.385. The maximum Gasteiger partial charge on any atom is 0.306 e. The fourth-order valence-corrected chi connectivity index (χ4v) is 2.36. The Morgan fingerprint density at radius 3 is 2.84 bits per heavy atom. The zero-order valence-electron chi connectivity index (χ0n) is 10.5. The smallest absolute Gasteiger partial charge is 0.306 e. The third kappa shape index (κ3) is 2.98. The van der Waals surface area contributed by atoms with Crippen molar-refractivity contribution in [1.82, 2.24) is 4.98 Å². The minimum absolute atomic E-state index is 0.0135. The normalized spacial score (nSPS) is 22.2. The minimum atomic E-state index is -0.767. The number of hydrogen-bond acceptors (Lipinski definition) is 5. The van der Waals surface area contributed by atoms with Gasteiger partial charge < -0.3 is 10.4 Å². The van der Waals surface area contributed by atoms with Gasteiger partial charge in [0.05, 0.1) is 10.8 Å². The largest absolute Gasteiger partial charge is 0.481 e. The molecule has 7 heteroatoms. The molecule has 1 fully saturated rings. The van der Waals surface area contributed by atoms with Gasteiger partial charge >= 0.3 is 5.97 Å². The zero-order valence-corrected chi connectivity index (χ0v) is 10.5. The lowest BCUT2D eigenvalue weighted by Gasteiger charge is -2.13. The Morgan fingerprint density at radius 2 is 2.32 bits per heavy atom. The number of nitrogens with one attached hydrogen (secondary N) is 1. The van der Waals surface area contributed by atoms with Crippen LogP contribution in [0.15, 0.2) is 12.3 Å². The second-order valence-corrected chi connectivity index (χ2v) is 4.80. The van der Waals surface area contributed by atoms with Gasteiger partial charge in [-0.3, -0.25) is 14.9 Å². The van der Waals surface area contributed by atoms with Gasteiger partial charge in [-0.25, -0.2) is 4.98 Å². The van der Waals surface area contributed by atoms with Crippen LogP contribution >= 0.6 is 0 Å². The Labute approximate surface area is 109 Å². The number of aryl methyl sites for hydroxylation is 1. The van der Waals surface area contributed by atoms with Crippen molar-refractivity contribution in [2.24, 2.45) is 5.92 Å². The summed E-state index contributed by atoms with van der Waals surface area (Å²) in [6.07, 6.45) is 3.21. The van der Waals surface area contributed by atoms with Crippen LogP contribution in [0.1, 0.15) is 24.8 Å². The summed E-state index contributed by atoms with van der Waals surface area (Å²) in [7, 11) is 0. The third-order valence-corrected chi connectivity index (χ3v) is 3.41. The second-order valence-electron chi connectivity index (χ2n) is 4.80. The molecule has 0 bridgehead atoms. The van der Waals surface area contributed by atoms with Gasteiger partial charge in [0.1, 0.15) is 12.0 Å². The molecule has 1 heterocycles. The van der Waals surface area contributed by atoms with E-state index in [4.69, 9.17) is 5.11 Å². The SMILES string of the molecule is Cc1cc(N[C@H]2CC[C@@H](C(=O)O)C2)ncc1[N+](=O)[O-]. The summed E-state index contributed by atoms with van der Waals surface area (Å²) >= 11 is 0. The van der Waals surface area contributed by atoms with E-state index in [1.54, 1.807) is 13.0 Å². The Morgan fingerprint density at radius 1 is 1.58 bits per heavy atom. The summed E-state index contributed by atoms with van der Waals surface area (Å²) in [5, 5.41) is 22.7. The first-order valence-corrected chi connectivity index (χ1v) is 6.07. The number of aliphatic carboxylic acids is 1. The highest BCUT2D eigenvalue weighted by molar-refractivity contribution is 5.70. The predicted octanol–water partition coefficient (Wildman–Crippen LogP) is 1.96. The van der Waals surface area contributed by atoms with Gasteiger partial charge in [-0.1, -0.05) is 0 Å². The van der Waals surface area contributed by atoms with E-state index in [0.717, 1.165) is 6.42 Å². The quantitative estimate of drug-likeness (QED) is 0.636. The fourth-order valence-electron chi connectivity index (χ4n) is 2.36. The molecule has 2 atom stereocenters. The van der Waals surface area contributed by atoms with Crippen molar-refractivity contribution in [1.29, 1.82) is 0 Å². The van der Waals surface area contributed by atoms with Crippen molar-refractivity contribution in [3.05, 3.63) is 27.9 Å². The number of carboxylic acids is 1. The van der Waals surface area contributed by atoms with E-state index in [1.165, 1.54) is 6.20 Å². The van der Waals surface area contributed by atoms with Crippen LogP contribution < -0.4 is 5.32 Å². The number of anilines is 1. The van der Waals surface area contributed by atoms with Crippen LogP contribution in [0.25, 0.3) is 0 Å². The van der Waals surface area contributed by atoms with Crippen molar-refractivity contribution in [3.63, 3.8) is 0 Å². The van der Waals surface area contributed by atoms with E-state index in [0.29, 0.717) is 24.2 Å². The summed E-state index contributed by atoms with van der Waals surface area (Å²) in [6, 6.07) is 1.68. The molecule has 1 aromatic heterocycles. The number of hydrogen-bond donors (Lipinski definition) is 2. The molecule has 0 aliphatic heterocycles. The molecule has 2 N–H and O–H groups in total. The molecule has 7 nitrogen and oxygen atoms in total. The van der Waals surface area contributed by atoms with E-state index in [9.17, 15) is 14.9 Å². The molecular weight excluding hydrogens is 250 g/mol. The molecule has 0 unspecified atom stereocenters. The van der Waals surface area contributed by atoms with Gasteiger partial charge in [0.2, 0.25) is 0 Å². The van der Waals surface area contributed by atoms with Gasteiger partial charge in [0, 0.05) is 11.6 Å². The lowest BCUT2D eigenvalue weighted by atomic mass is 10.1. The van der Waals surface area contributed by atoms with Crippen LogP contribution in [-0.2, 0) is 4.79 Å². The van der Waals surface area contributed by atoms with Crippen LogP contribution in [-0.4, -0.2) is 27.0 Å². The molecular formula is C12H15N3O4. The fraction of sp³-hybridized carbons (Fsp3) is 0.500. The van der Waals surface area contributed by atoms with E-state index in [1.807, 2.05) is 0 Å².